The predicted octanol–water partition coefficient (Wildman–Crippen LogP) is 0.828. The smallest absolute Gasteiger partial charge is 0.242 e. The highest BCUT2D eigenvalue weighted by molar-refractivity contribution is 7.89. The molecule has 0 saturated carbocycles. The summed E-state index contributed by atoms with van der Waals surface area (Å²) in [7, 11) is -1.98. The van der Waals surface area contributed by atoms with E-state index in [9.17, 15) is 8.42 Å². The van der Waals surface area contributed by atoms with Gasteiger partial charge in [-0.25, -0.2) is 13.1 Å². The number of aryl methyl sites for hydroxylation is 1. The molecule has 1 unspecified atom stereocenters. The summed E-state index contributed by atoms with van der Waals surface area (Å²) in [6.07, 6.45) is 0. The lowest BCUT2D eigenvalue weighted by Crippen LogP contribution is -2.36. The molecule has 0 aliphatic heterocycles. The highest BCUT2D eigenvalue weighted by atomic mass is 32.2. The highest BCUT2D eigenvalue weighted by Gasteiger charge is 2.23. The summed E-state index contributed by atoms with van der Waals surface area (Å²) in [5, 5.41) is 1.80. The molecule has 0 fully saturated rings. The van der Waals surface area contributed by atoms with Crippen LogP contribution in [-0.4, -0.2) is 28.2 Å². The third-order valence-corrected chi connectivity index (χ3v) is 5.29. The minimum atomic E-state index is -3.51. The monoisotopic (exact) mass is 278 g/mol. The molecule has 0 aromatic carbocycles. The summed E-state index contributed by atoms with van der Waals surface area (Å²) in [5.74, 6) is 0. The first-order chi connectivity index (χ1) is 7.92. The Kier molecular flexibility index (Phi) is 5.08. The number of methoxy groups -OCH3 is 1. The summed E-state index contributed by atoms with van der Waals surface area (Å²) in [5.41, 5.74) is 6.27. The minimum Gasteiger partial charge on any atom is -0.383 e. The fraction of sp³-hybridized carbons (Fsp3) is 0.600. The normalized spacial score (nSPS) is 13.9. The van der Waals surface area contributed by atoms with E-state index >= 15 is 0 Å². The van der Waals surface area contributed by atoms with Gasteiger partial charge >= 0.3 is 0 Å². The fourth-order valence-corrected chi connectivity index (χ4v) is 4.53. The van der Waals surface area contributed by atoms with Gasteiger partial charge in [0.1, 0.15) is 4.90 Å². The summed E-state index contributed by atoms with van der Waals surface area (Å²) < 4.78 is 31.8. The van der Waals surface area contributed by atoms with Gasteiger partial charge in [0.2, 0.25) is 10.0 Å². The largest absolute Gasteiger partial charge is 0.383 e. The average molecular weight is 278 g/mol. The van der Waals surface area contributed by atoms with Gasteiger partial charge in [-0.2, -0.15) is 0 Å². The quantitative estimate of drug-likeness (QED) is 0.807. The lowest BCUT2D eigenvalue weighted by Gasteiger charge is -2.14. The Morgan fingerprint density at radius 2 is 2.24 bits per heavy atom. The number of nitrogens with two attached hydrogens (primary N) is 1. The molecule has 17 heavy (non-hydrogen) atoms. The van der Waals surface area contributed by atoms with Crippen LogP contribution >= 0.6 is 11.3 Å². The Bertz CT molecular complexity index is 468. The average Bonchev–Trinajstić information content (AvgIpc) is 2.59. The van der Waals surface area contributed by atoms with Crippen LogP contribution in [0.2, 0.25) is 0 Å². The van der Waals surface area contributed by atoms with E-state index in [-0.39, 0.29) is 12.6 Å². The summed E-state index contributed by atoms with van der Waals surface area (Å²) in [6, 6.07) is -0.269. The Morgan fingerprint density at radius 3 is 2.76 bits per heavy atom. The topological polar surface area (TPSA) is 81.4 Å². The van der Waals surface area contributed by atoms with Crippen LogP contribution < -0.4 is 10.5 Å². The van der Waals surface area contributed by atoms with E-state index in [0.717, 1.165) is 5.56 Å². The second-order valence-corrected chi connectivity index (χ2v) is 6.47. The second kappa shape index (κ2) is 5.92. The van der Waals surface area contributed by atoms with Crippen molar-refractivity contribution in [3.8, 4) is 0 Å². The molecule has 1 aromatic heterocycles. The molecular weight excluding hydrogens is 260 g/mol. The van der Waals surface area contributed by atoms with E-state index in [1.807, 2.05) is 0 Å². The maximum atomic E-state index is 12.2. The van der Waals surface area contributed by atoms with Crippen molar-refractivity contribution in [2.24, 2.45) is 5.73 Å². The van der Waals surface area contributed by atoms with Gasteiger partial charge in [0.05, 0.1) is 6.61 Å². The third-order valence-electron chi connectivity index (χ3n) is 2.22. The summed E-state index contributed by atoms with van der Waals surface area (Å²) in [4.78, 5) is 0.993. The van der Waals surface area contributed by atoms with Crippen molar-refractivity contribution < 1.29 is 13.2 Å². The number of ether oxygens (including phenoxy) is 1. The van der Waals surface area contributed by atoms with Crippen LogP contribution in [-0.2, 0) is 21.3 Å². The van der Waals surface area contributed by atoms with Crippen LogP contribution in [0, 0.1) is 6.92 Å². The van der Waals surface area contributed by atoms with E-state index in [0.29, 0.717) is 16.4 Å². The summed E-state index contributed by atoms with van der Waals surface area (Å²) >= 11 is 1.37. The zero-order valence-corrected chi connectivity index (χ0v) is 11.8. The molecule has 7 heteroatoms. The maximum Gasteiger partial charge on any atom is 0.242 e. The Balaban J connectivity index is 3.00. The predicted molar refractivity (Wildman–Crippen MR) is 68.6 cm³/mol. The van der Waals surface area contributed by atoms with Gasteiger partial charge < -0.3 is 10.5 Å². The number of thiophene rings is 1. The zero-order valence-electron chi connectivity index (χ0n) is 10.2. The van der Waals surface area contributed by atoms with Gasteiger partial charge in [-0.3, -0.25) is 0 Å². The lowest BCUT2D eigenvalue weighted by molar-refractivity contribution is 0.180. The van der Waals surface area contributed by atoms with E-state index < -0.39 is 10.0 Å². The van der Waals surface area contributed by atoms with Gasteiger partial charge in [-0.05, 0) is 24.8 Å². The number of hydrogen-bond donors (Lipinski definition) is 2. The van der Waals surface area contributed by atoms with E-state index in [1.165, 1.54) is 18.4 Å². The van der Waals surface area contributed by atoms with Crippen molar-refractivity contribution in [1.29, 1.82) is 0 Å². The molecule has 0 aliphatic carbocycles. The standard InChI is InChI=1S/C10H18N2O3S2/c1-7-6-16-9(4-11)10(7)17(13,14)12-8(2)5-15-3/h6,8,12H,4-5,11H2,1-3H3. The van der Waals surface area contributed by atoms with Crippen LogP contribution in [0.4, 0.5) is 0 Å². The third kappa shape index (κ3) is 3.49. The van der Waals surface area contributed by atoms with Crippen molar-refractivity contribution >= 4 is 21.4 Å². The Labute approximate surface area is 106 Å². The first kappa shape index (κ1) is 14.6. The first-order valence-corrected chi connectivity index (χ1v) is 7.57. The van der Waals surface area contributed by atoms with E-state index in [4.69, 9.17) is 10.5 Å². The van der Waals surface area contributed by atoms with Crippen molar-refractivity contribution in [3.63, 3.8) is 0 Å². The molecule has 1 aromatic rings. The van der Waals surface area contributed by atoms with Gasteiger partial charge in [0, 0.05) is 24.6 Å². The van der Waals surface area contributed by atoms with Crippen LogP contribution in [0.15, 0.2) is 10.3 Å². The molecule has 0 bridgehead atoms. The number of sulfonamides is 1. The fourth-order valence-electron chi connectivity index (χ4n) is 1.60. The SMILES string of the molecule is COCC(C)NS(=O)(=O)c1c(C)csc1CN. The number of hydrogen-bond acceptors (Lipinski definition) is 5. The van der Waals surface area contributed by atoms with E-state index in [2.05, 4.69) is 4.72 Å². The van der Waals surface area contributed by atoms with Crippen molar-refractivity contribution in [3.05, 3.63) is 15.8 Å². The van der Waals surface area contributed by atoms with Gasteiger partial charge in [0.15, 0.2) is 0 Å². The molecule has 98 valence electrons. The first-order valence-electron chi connectivity index (χ1n) is 5.20. The second-order valence-electron chi connectivity index (χ2n) is 3.85. The molecule has 1 atom stereocenters. The molecular formula is C10H18N2O3S2. The molecule has 1 heterocycles. The summed E-state index contributed by atoms with van der Waals surface area (Å²) in [6.45, 7) is 4.09. The molecule has 0 aliphatic rings. The van der Waals surface area contributed by atoms with Gasteiger partial charge in [-0.1, -0.05) is 0 Å². The highest BCUT2D eigenvalue weighted by Crippen LogP contribution is 2.26. The zero-order chi connectivity index (χ0) is 13.1. The van der Waals surface area contributed by atoms with Gasteiger partial charge in [0.25, 0.3) is 0 Å². The molecule has 3 N–H and O–H groups in total. The van der Waals surface area contributed by atoms with E-state index in [1.54, 1.807) is 19.2 Å². The lowest BCUT2D eigenvalue weighted by atomic mass is 10.3. The molecule has 5 nitrogen and oxygen atoms in total. The van der Waals surface area contributed by atoms with Crippen molar-refractivity contribution in [2.45, 2.75) is 31.3 Å². The molecule has 0 amide bonds. The number of rotatable bonds is 6. The van der Waals surface area contributed by atoms with Crippen molar-refractivity contribution in [2.75, 3.05) is 13.7 Å². The molecule has 0 saturated heterocycles. The molecule has 0 radical (unpaired) electrons. The Morgan fingerprint density at radius 1 is 1.59 bits per heavy atom. The van der Waals surface area contributed by atoms with Gasteiger partial charge in [-0.15, -0.1) is 11.3 Å². The van der Waals surface area contributed by atoms with Crippen LogP contribution in [0.3, 0.4) is 0 Å². The number of nitrogens with one attached hydrogen (secondary N) is 1. The molecule has 0 spiro atoms. The van der Waals surface area contributed by atoms with Crippen LogP contribution in [0.25, 0.3) is 0 Å². The maximum absolute atomic E-state index is 12.2. The van der Waals surface area contributed by atoms with Crippen LogP contribution in [0.1, 0.15) is 17.4 Å². The minimum absolute atomic E-state index is 0.230. The molecule has 1 rings (SSSR count). The van der Waals surface area contributed by atoms with Crippen molar-refractivity contribution in [1.82, 2.24) is 4.72 Å². The van der Waals surface area contributed by atoms with Crippen LogP contribution in [0.5, 0.6) is 0 Å². The Hall–Kier alpha value is -0.470.